The van der Waals surface area contributed by atoms with Crippen molar-refractivity contribution < 1.29 is 19.1 Å². The Hall–Kier alpha value is -3.11. The maximum absolute atomic E-state index is 13.2. The summed E-state index contributed by atoms with van der Waals surface area (Å²) in [5.41, 5.74) is 4.30. The van der Waals surface area contributed by atoms with Crippen LogP contribution < -0.4 is 0 Å². The Morgan fingerprint density at radius 1 is 1.00 bits per heavy atom. The predicted octanol–water partition coefficient (Wildman–Crippen LogP) is 2.36. The first-order valence-electron chi connectivity index (χ1n) is 10.1. The molecule has 2 amide bonds. The molecule has 4 rings (SSSR count). The van der Waals surface area contributed by atoms with Crippen LogP contribution in [0.15, 0.2) is 59.9 Å². The fourth-order valence-electron chi connectivity index (χ4n) is 4.18. The van der Waals surface area contributed by atoms with Gasteiger partial charge < -0.3 is 14.5 Å². The second-order valence-corrected chi connectivity index (χ2v) is 7.52. The van der Waals surface area contributed by atoms with E-state index in [2.05, 4.69) is 5.73 Å². The first-order chi connectivity index (χ1) is 14.1. The van der Waals surface area contributed by atoms with E-state index in [9.17, 15) is 14.4 Å². The van der Waals surface area contributed by atoms with Crippen LogP contribution in [0.1, 0.15) is 31.2 Å². The van der Waals surface area contributed by atoms with E-state index in [1.807, 2.05) is 30.3 Å². The summed E-state index contributed by atoms with van der Waals surface area (Å²) < 4.78 is 5.47. The highest BCUT2D eigenvalue weighted by molar-refractivity contribution is 6.00. The van der Waals surface area contributed by atoms with E-state index in [1.165, 1.54) is 0 Å². The zero-order valence-electron chi connectivity index (χ0n) is 16.3. The summed E-state index contributed by atoms with van der Waals surface area (Å²) in [5.74, 6) is -0.699. The number of esters is 1. The number of carbonyl (C=O) groups is 3. The number of likely N-dealkylation sites (tertiary alicyclic amines) is 2. The van der Waals surface area contributed by atoms with Gasteiger partial charge in [0, 0.05) is 13.1 Å². The minimum atomic E-state index is -0.575. The summed E-state index contributed by atoms with van der Waals surface area (Å²) in [6.45, 7) is 1.26. The molecule has 1 aromatic rings. The molecule has 2 atom stereocenters. The average molecular weight is 392 g/mol. The number of hydrogen-bond donors (Lipinski definition) is 0. The Bertz CT molecular complexity index is 899. The van der Waals surface area contributed by atoms with Gasteiger partial charge in [-0.15, -0.1) is 5.73 Å². The van der Waals surface area contributed by atoms with Crippen LogP contribution in [0, 0.1) is 0 Å². The Morgan fingerprint density at radius 3 is 2.45 bits per heavy atom. The second kappa shape index (κ2) is 8.50. The van der Waals surface area contributed by atoms with Gasteiger partial charge in [0.15, 0.2) is 0 Å². The van der Waals surface area contributed by atoms with E-state index in [0.717, 1.165) is 18.4 Å². The van der Waals surface area contributed by atoms with Gasteiger partial charge in [-0.25, -0.2) is 4.79 Å². The Labute approximate surface area is 170 Å². The van der Waals surface area contributed by atoms with Crippen LogP contribution in [0.5, 0.6) is 0 Å². The van der Waals surface area contributed by atoms with E-state index in [1.54, 1.807) is 28.0 Å². The number of nitrogens with zero attached hydrogens (tertiary/aromatic N) is 2. The minimum absolute atomic E-state index is 0.151. The SMILES string of the molecule is O=C(OCc1ccccc1)[C@@H]1CCCN1C(=O)[C@@H]1CCCN1C(=O)C1=C=CC=C1. The zero-order chi connectivity index (χ0) is 20.2. The topological polar surface area (TPSA) is 66.9 Å². The molecule has 1 aromatic carbocycles. The number of benzene rings is 1. The fourth-order valence-corrected chi connectivity index (χ4v) is 4.18. The molecular formula is C23H24N2O4. The van der Waals surface area contributed by atoms with Crippen molar-refractivity contribution in [1.82, 2.24) is 9.80 Å². The van der Waals surface area contributed by atoms with E-state index in [-0.39, 0.29) is 24.4 Å². The van der Waals surface area contributed by atoms with Crippen LogP contribution in [0.2, 0.25) is 0 Å². The first kappa shape index (κ1) is 19.2. The molecule has 6 nitrogen and oxygen atoms in total. The monoisotopic (exact) mass is 392 g/mol. The summed E-state index contributed by atoms with van der Waals surface area (Å²) in [6, 6.07) is 8.39. The molecule has 2 heterocycles. The van der Waals surface area contributed by atoms with E-state index in [0.29, 0.717) is 31.5 Å². The van der Waals surface area contributed by atoms with Gasteiger partial charge in [-0.2, -0.15) is 0 Å². The van der Waals surface area contributed by atoms with Crippen LogP contribution >= 0.6 is 0 Å². The predicted molar refractivity (Wildman–Crippen MR) is 106 cm³/mol. The molecule has 29 heavy (non-hydrogen) atoms. The standard InChI is InChI=1S/C23H24N2O4/c26-21(18-10-4-5-11-18)24-14-6-12-19(24)22(27)25-15-7-13-20(25)23(28)29-16-17-8-2-1-3-9-17/h1-5,8-10,19-20H,6-7,12-16H2/t19-,20-/m0/s1. The highest BCUT2D eigenvalue weighted by Crippen LogP contribution is 2.27. The summed E-state index contributed by atoms with van der Waals surface area (Å²) in [6.07, 6.45) is 7.92. The van der Waals surface area contributed by atoms with Gasteiger partial charge in [-0.3, -0.25) is 9.59 Å². The maximum atomic E-state index is 13.2. The third-order valence-electron chi connectivity index (χ3n) is 5.66. The van der Waals surface area contributed by atoms with Gasteiger partial charge in [-0.05, 0) is 43.4 Å². The van der Waals surface area contributed by atoms with E-state index in [4.69, 9.17) is 4.74 Å². The minimum Gasteiger partial charge on any atom is -0.459 e. The first-order valence-corrected chi connectivity index (χ1v) is 10.1. The smallest absolute Gasteiger partial charge is 0.329 e. The Morgan fingerprint density at radius 2 is 1.72 bits per heavy atom. The van der Waals surface area contributed by atoms with Crippen molar-refractivity contribution in [2.45, 2.75) is 44.4 Å². The average Bonchev–Trinajstić information content (AvgIpc) is 3.52. The van der Waals surface area contributed by atoms with Gasteiger partial charge in [0.2, 0.25) is 5.91 Å². The number of allylic oxidation sites excluding steroid dienone is 1. The lowest BCUT2D eigenvalue weighted by molar-refractivity contribution is -0.156. The number of carbonyl (C=O) groups excluding carboxylic acids is 3. The largest absolute Gasteiger partial charge is 0.459 e. The summed E-state index contributed by atoms with van der Waals surface area (Å²) in [4.78, 5) is 41.9. The van der Waals surface area contributed by atoms with Gasteiger partial charge in [0.25, 0.3) is 5.91 Å². The maximum Gasteiger partial charge on any atom is 0.329 e. The molecule has 150 valence electrons. The highest BCUT2D eigenvalue weighted by Gasteiger charge is 2.43. The molecule has 0 unspecified atom stereocenters. The van der Waals surface area contributed by atoms with Crippen molar-refractivity contribution in [2.24, 2.45) is 0 Å². The van der Waals surface area contributed by atoms with Crippen molar-refractivity contribution >= 4 is 17.8 Å². The van der Waals surface area contributed by atoms with Crippen molar-refractivity contribution in [3.05, 3.63) is 65.4 Å². The van der Waals surface area contributed by atoms with E-state index < -0.39 is 12.1 Å². The molecule has 0 spiro atoms. The molecule has 0 bridgehead atoms. The summed E-state index contributed by atoms with van der Waals surface area (Å²) in [7, 11) is 0. The van der Waals surface area contributed by atoms with Crippen molar-refractivity contribution in [2.75, 3.05) is 13.1 Å². The molecule has 0 radical (unpaired) electrons. The number of hydrogen-bond acceptors (Lipinski definition) is 4. The highest BCUT2D eigenvalue weighted by atomic mass is 16.5. The lowest BCUT2D eigenvalue weighted by atomic mass is 10.1. The fraction of sp³-hybridized carbons (Fsp3) is 0.391. The molecule has 0 N–H and O–H groups in total. The molecule has 2 aliphatic heterocycles. The normalized spacial score (nSPS) is 22.8. The lowest BCUT2D eigenvalue weighted by Crippen LogP contribution is -2.51. The number of rotatable bonds is 5. The molecule has 2 fully saturated rings. The van der Waals surface area contributed by atoms with Crippen molar-refractivity contribution in [3.63, 3.8) is 0 Å². The Kier molecular flexibility index (Phi) is 5.63. The van der Waals surface area contributed by atoms with Crippen LogP contribution in [-0.4, -0.2) is 52.8 Å². The molecular weight excluding hydrogens is 368 g/mol. The number of amides is 2. The van der Waals surface area contributed by atoms with Crippen molar-refractivity contribution in [1.29, 1.82) is 0 Å². The second-order valence-electron chi connectivity index (χ2n) is 7.52. The van der Waals surface area contributed by atoms with Gasteiger partial charge in [-0.1, -0.05) is 36.4 Å². The summed E-state index contributed by atoms with van der Waals surface area (Å²) >= 11 is 0. The van der Waals surface area contributed by atoms with E-state index >= 15 is 0 Å². The van der Waals surface area contributed by atoms with Crippen LogP contribution in [0.3, 0.4) is 0 Å². The molecule has 2 saturated heterocycles. The lowest BCUT2D eigenvalue weighted by Gasteiger charge is -2.30. The molecule has 6 heteroatoms. The van der Waals surface area contributed by atoms with Crippen LogP contribution in [-0.2, 0) is 25.7 Å². The van der Waals surface area contributed by atoms with Crippen LogP contribution in [0.4, 0.5) is 0 Å². The molecule has 0 saturated carbocycles. The van der Waals surface area contributed by atoms with Gasteiger partial charge in [0.1, 0.15) is 18.7 Å². The van der Waals surface area contributed by atoms with Crippen LogP contribution in [0.25, 0.3) is 0 Å². The third kappa shape index (κ3) is 4.03. The third-order valence-corrected chi connectivity index (χ3v) is 5.66. The molecule has 1 aliphatic carbocycles. The van der Waals surface area contributed by atoms with Gasteiger partial charge >= 0.3 is 5.97 Å². The number of ether oxygens (including phenoxy) is 1. The molecule has 3 aliphatic rings. The van der Waals surface area contributed by atoms with Gasteiger partial charge in [0.05, 0.1) is 5.57 Å². The summed E-state index contributed by atoms with van der Waals surface area (Å²) in [5, 5.41) is 0. The quantitative estimate of drug-likeness (QED) is 0.570. The van der Waals surface area contributed by atoms with Crippen molar-refractivity contribution in [3.8, 4) is 0 Å². The molecule has 0 aromatic heterocycles. The Balaban J connectivity index is 1.41. The zero-order valence-corrected chi connectivity index (χ0v) is 16.3.